The highest BCUT2D eigenvalue weighted by atomic mass is 32.2. The van der Waals surface area contributed by atoms with E-state index < -0.39 is 0 Å². The van der Waals surface area contributed by atoms with Crippen LogP contribution in [0.15, 0.2) is 63.8 Å². The first-order chi connectivity index (χ1) is 12.6. The van der Waals surface area contributed by atoms with Crippen LogP contribution in [0.4, 0.5) is 4.39 Å². The van der Waals surface area contributed by atoms with Crippen molar-refractivity contribution in [1.82, 2.24) is 14.5 Å². The first kappa shape index (κ1) is 18.1. The Morgan fingerprint density at radius 2 is 2.04 bits per heavy atom. The van der Waals surface area contributed by atoms with Crippen LogP contribution in [0.3, 0.4) is 0 Å². The van der Waals surface area contributed by atoms with Crippen molar-refractivity contribution in [2.24, 2.45) is 10.9 Å². The number of hydrogen-bond donors (Lipinski definition) is 1. The number of hydrogen-bond acceptors (Lipinski definition) is 5. The van der Waals surface area contributed by atoms with Crippen molar-refractivity contribution in [2.75, 3.05) is 0 Å². The Labute approximate surface area is 156 Å². The van der Waals surface area contributed by atoms with Crippen molar-refractivity contribution in [3.05, 3.63) is 71.7 Å². The van der Waals surface area contributed by atoms with Gasteiger partial charge in [-0.2, -0.15) is 5.10 Å². The fourth-order valence-corrected chi connectivity index (χ4v) is 3.78. The second-order valence-corrected chi connectivity index (χ2v) is 7.16. The maximum atomic E-state index is 13.6. The van der Waals surface area contributed by atoms with E-state index in [9.17, 15) is 4.39 Å². The Bertz CT molecular complexity index is 906. The summed E-state index contributed by atoms with van der Waals surface area (Å²) in [6.45, 7) is 4.76. The summed E-state index contributed by atoms with van der Waals surface area (Å²) in [4.78, 5) is 9.60. The topological polar surface area (TPSA) is 69.1 Å². The minimum atomic E-state index is -0.259. The average Bonchev–Trinajstić information content (AvgIpc) is 2.94. The molecule has 0 saturated heterocycles. The van der Waals surface area contributed by atoms with Crippen LogP contribution in [-0.2, 0) is 6.54 Å². The minimum Gasteiger partial charge on any atom is -0.323 e. The number of imidazole rings is 1. The first-order valence-electron chi connectivity index (χ1n) is 8.24. The summed E-state index contributed by atoms with van der Waals surface area (Å²) in [5.74, 6) is 6.00. The molecule has 0 unspecified atom stereocenters. The Morgan fingerprint density at radius 3 is 2.69 bits per heavy atom. The van der Waals surface area contributed by atoms with Gasteiger partial charge in [-0.1, -0.05) is 31.7 Å². The fraction of sp³-hybridized carbons (Fsp3) is 0.211. The molecule has 0 radical (unpaired) electrons. The lowest BCUT2D eigenvalue weighted by molar-refractivity contribution is 0.624. The number of nitrogens with two attached hydrogens (primary N) is 1. The third-order valence-corrected chi connectivity index (χ3v) is 4.93. The number of aromatic nitrogens is 3. The number of pyridine rings is 1. The van der Waals surface area contributed by atoms with Crippen LogP contribution >= 0.6 is 11.8 Å². The highest BCUT2D eigenvalue weighted by Crippen LogP contribution is 2.35. The molecule has 26 heavy (non-hydrogen) atoms. The van der Waals surface area contributed by atoms with E-state index in [1.165, 1.54) is 23.9 Å². The SMILES string of the molecule is CC(C)c1nc(C=NN)n(Cc2ccncc2)c1Sc1cccc(F)c1. The fourth-order valence-electron chi connectivity index (χ4n) is 2.59. The van der Waals surface area contributed by atoms with Gasteiger partial charge in [0.1, 0.15) is 10.8 Å². The van der Waals surface area contributed by atoms with Gasteiger partial charge in [-0.15, -0.1) is 0 Å². The van der Waals surface area contributed by atoms with Crippen LogP contribution in [0.25, 0.3) is 0 Å². The second kappa shape index (κ2) is 8.14. The lowest BCUT2D eigenvalue weighted by Gasteiger charge is -2.12. The van der Waals surface area contributed by atoms with E-state index in [-0.39, 0.29) is 11.7 Å². The lowest BCUT2D eigenvalue weighted by Crippen LogP contribution is -2.07. The van der Waals surface area contributed by atoms with Gasteiger partial charge in [0.15, 0.2) is 5.82 Å². The monoisotopic (exact) mass is 369 g/mol. The Balaban J connectivity index is 2.09. The average molecular weight is 369 g/mol. The predicted octanol–water partition coefficient (Wildman–Crippen LogP) is 4.03. The van der Waals surface area contributed by atoms with Gasteiger partial charge >= 0.3 is 0 Å². The van der Waals surface area contributed by atoms with Crippen molar-refractivity contribution in [3.8, 4) is 0 Å². The molecule has 0 aliphatic rings. The van der Waals surface area contributed by atoms with Gasteiger partial charge in [-0.05, 0) is 41.8 Å². The van der Waals surface area contributed by atoms with E-state index in [1.807, 2.05) is 18.2 Å². The summed E-state index contributed by atoms with van der Waals surface area (Å²) in [6, 6.07) is 10.5. The number of hydrazone groups is 1. The molecule has 0 aliphatic carbocycles. The summed E-state index contributed by atoms with van der Waals surface area (Å²) in [7, 11) is 0. The molecule has 0 saturated carbocycles. The van der Waals surface area contributed by atoms with Gasteiger partial charge in [0.2, 0.25) is 0 Å². The quantitative estimate of drug-likeness (QED) is 0.405. The zero-order chi connectivity index (χ0) is 18.5. The third kappa shape index (κ3) is 4.11. The summed E-state index contributed by atoms with van der Waals surface area (Å²) in [5.41, 5.74) is 2.02. The van der Waals surface area contributed by atoms with Crippen LogP contribution in [0.2, 0.25) is 0 Å². The molecule has 3 rings (SSSR count). The van der Waals surface area contributed by atoms with Crippen molar-refractivity contribution in [2.45, 2.75) is 36.2 Å². The lowest BCUT2D eigenvalue weighted by atomic mass is 10.1. The van der Waals surface area contributed by atoms with E-state index in [0.29, 0.717) is 12.4 Å². The number of rotatable bonds is 6. The Morgan fingerprint density at radius 1 is 1.27 bits per heavy atom. The predicted molar refractivity (Wildman–Crippen MR) is 102 cm³/mol. The van der Waals surface area contributed by atoms with Crippen molar-refractivity contribution in [1.29, 1.82) is 0 Å². The van der Waals surface area contributed by atoms with Gasteiger partial charge in [-0.25, -0.2) is 9.37 Å². The number of benzene rings is 1. The molecule has 2 N–H and O–H groups in total. The largest absolute Gasteiger partial charge is 0.323 e. The maximum Gasteiger partial charge on any atom is 0.154 e. The highest BCUT2D eigenvalue weighted by molar-refractivity contribution is 7.99. The first-order valence-corrected chi connectivity index (χ1v) is 9.06. The molecule has 2 aromatic heterocycles. The third-order valence-electron chi connectivity index (χ3n) is 3.81. The molecule has 0 atom stereocenters. The minimum absolute atomic E-state index is 0.203. The van der Waals surface area contributed by atoms with Crippen molar-refractivity contribution >= 4 is 18.0 Å². The molecule has 1 aromatic carbocycles. The van der Waals surface area contributed by atoms with Gasteiger partial charge in [-0.3, -0.25) is 4.98 Å². The van der Waals surface area contributed by atoms with Crippen LogP contribution in [-0.4, -0.2) is 20.7 Å². The summed E-state index contributed by atoms with van der Waals surface area (Å²) in [6.07, 6.45) is 5.06. The van der Waals surface area contributed by atoms with E-state index in [4.69, 9.17) is 10.8 Å². The highest BCUT2D eigenvalue weighted by Gasteiger charge is 2.20. The van der Waals surface area contributed by atoms with E-state index in [0.717, 1.165) is 21.2 Å². The normalized spacial score (nSPS) is 11.5. The molecule has 0 amide bonds. The van der Waals surface area contributed by atoms with Gasteiger partial charge in [0.05, 0.1) is 18.5 Å². The van der Waals surface area contributed by atoms with E-state index in [1.54, 1.807) is 24.7 Å². The molecular formula is C19H20FN5S. The smallest absolute Gasteiger partial charge is 0.154 e. The molecule has 5 nitrogen and oxygen atoms in total. The standard InChI is InChI=1S/C19H20FN5S/c1-13(2)18-19(26-16-5-3-4-15(20)10-16)25(17(24-18)11-23-21)12-14-6-8-22-9-7-14/h3-11,13H,12,21H2,1-2H3. The Kier molecular flexibility index (Phi) is 5.68. The summed E-state index contributed by atoms with van der Waals surface area (Å²) in [5, 5.41) is 4.61. The molecule has 0 aliphatic heterocycles. The molecule has 2 heterocycles. The van der Waals surface area contributed by atoms with Crippen LogP contribution in [0.1, 0.15) is 36.8 Å². The maximum absolute atomic E-state index is 13.6. The van der Waals surface area contributed by atoms with Crippen LogP contribution < -0.4 is 5.84 Å². The molecule has 0 fully saturated rings. The molecule has 3 aromatic rings. The molecule has 134 valence electrons. The van der Waals surface area contributed by atoms with Crippen molar-refractivity contribution in [3.63, 3.8) is 0 Å². The Hall–Kier alpha value is -2.67. The van der Waals surface area contributed by atoms with Crippen LogP contribution in [0.5, 0.6) is 0 Å². The van der Waals surface area contributed by atoms with Crippen molar-refractivity contribution < 1.29 is 4.39 Å². The van der Waals surface area contributed by atoms with Gasteiger partial charge in [0, 0.05) is 17.3 Å². The van der Waals surface area contributed by atoms with E-state index >= 15 is 0 Å². The van der Waals surface area contributed by atoms with E-state index in [2.05, 4.69) is 28.5 Å². The second-order valence-electron chi connectivity index (χ2n) is 6.09. The summed E-state index contributed by atoms with van der Waals surface area (Å²) < 4.78 is 15.7. The molecule has 0 bridgehead atoms. The van der Waals surface area contributed by atoms with Gasteiger partial charge < -0.3 is 10.4 Å². The molecule has 7 heteroatoms. The van der Waals surface area contributed by atoms with Crippen LogP contribution in [0, 0.1) is 5.82 Å². The zero-order valence-corrected chi connectivity index (χ0v) is 15.4. The van der Waals surface area contributed by atoms with Gasteiger partial charge in [0.25, 0.3) is 0 Å². The zero-order valence-electron chi connectivity index (χ0n) is 14.6. The number of halogens is 1. The summed E-state index contributed by atoms with van der Waals surface area (Å²) >= 11 is 1.49. The molecular weight excluding hydrogens is 349 g/mol. The molecule has 0 spiro atoms. The number of nitrogens with zero attached hydrogens (tertiary/aromatic N) is 4.